The lowest BCUT2D eigenvalue weighted by Gasteiger charge is -2.21. The molecule has 0 saturated heterocycles. The molecule has 0 fully saturated rings. The first kappa shape index (κ1) is 19.3. The predicted octanol–water partition coefficient (Wildman–Crippen LogP) is 4.19. The number of amides is 2. The van der Waals surface area contributed by atoms with E-state index in [1.165, 1.54) is 11.3 Å². The second-order valence-electron chi connectivity index (χ2n) is 6.46. The largest absolute Gasteiger partial charge is 0.344 e. The minimum Gasteiger partial charge on any atom is -0.344 e. The molecule has 0 bridgehead atoms. The molecule has 27 heavy (non-hydrogen) atoms. The van der Waals surface area contributed by atoms with Crippen molar-refractivity contribution in [3.05, 3.63) is 58.8 Å². The number of hydrogen-bond acceptors (Lipinski definition) is 5. The number of thiophene rings is 1. The van der Waals surface area contributed by atoms with Gasteiger partial charge in [-0.2, -0.15) is 0 Å². The normalized spacial score (nSPS) is 12.0. The highest BCUT2D eigenvalue weighted by Gasteiger charge is 2.25. The predicted molar refractivity (Wildman–Crippen MR) is 111 cm³/mol. The Morgan fingerprint density at radius 2 is 1.85 bits per heavy atom. The van der Waals surface area contributed by atoms with Gasteiger partial charge < -0.3 is 10.6 Å². The average molecular weight is 400 g/mol. The lowest BCUT2D eigenvalue weighted by Crippen LogP contribution is -2.47. The first-order valence-corrected chi connectivity index (χ1v) is 10.4. The molecule has 2 amide bonds. The average Bonchev–Trinajstić information content (AvgIpc) is 3.31. The molecule has 0 spiro atoms. The van der Waals surface area contributed by atoms with E-state index < -0.39 is 6.04 Å². The van der Waals surface area contributed by atoms with Crippen LogP contribution in [0.3, 0.4) is 0 Å². The van der Waals surface area contributed by atoms with Gasteiger partial charge in [-0.3, -0.25) is 9.59 Å². The molecule has 3 rings (SSSR count). The maximum absolute atomic E-state index is 12.7. The highest BCUT2D eigenvalue weighted by atomic mass is 32.1. The van der Waals surface area contributed by atoms with E-state index in [0.29, 0.717) is 5.13 Å². The molecule has 0 aliphatic carbocycles. The Bertz CT molecular complexity index is 889. The number of thiazole rings is 1. The van der Waals surface area contributed by atoms with Crippen LogP contribution >= 0.6 is 22.7 Å². The first-order valence-electron chi connectivity index (χ1n) is 8.66. The molecule has 1 atom stereocenters. The van der Waals surface area contributed by atoms with Crippen LogP contribution in [0.4, 0.5) is 5.13 Å². The van der Waals surface area contributed by atoms with Gasteiger partial charge in [0.05, 0.1) is 17.0 Å². The molecule has 0 unspecified atom stereocenters. The van der Waals surface area contributed by atoms with Crippen LogP contribution in [-0.4, -0.2) is 22.8 Å². The van der Waals surface area contributed by atoms with Crippen molar-refractivity contribution in [3.63, 3.8) is 0 Å². The molecule has 5 nitrogen and oxygen atoms in total. The molecule has 1 aromatic carbocycles. The Hall–Kier alpha value is -2.51. The van der Waals surface area contributed by atoms with Gasteiger partial charge in [0.15, 0.2) is 5.13 Å². The van der Waals surface area contributed by atoms with E-state index in [0.717, 1.165) is 16.1 Å². The van der Waals surface area contributed by atoms with Crippen molar-refractivity contribution in [1.82, 2.24) is 10.3 Å². The van der Waals surface area contributed by atoms with Gasteiger partial charge in [0.1, 0.15) is 6.04 Å². The Kier molecular flexibility index (Phi) is 6.36. The van der Waals surface area contributed by atoms with E-state index in [-0.39, 0.29) is 24.2 Å². The SMILES string of the molecule is CC(C)[C@H](NC(=O)Cc1ccccc1)C(=O)Nc1nc(-c2cccs2)cs1. The second kappa shape index (κ2) is 8.92. The van der Waals surface area contributed by atoms with E-state index in [1.54, 1.807) is 11.3 Å². The Labute approximate surface area is 166 Å². The van der Waals surface area contributed by atoms with Crippen LogP contribution in [0.1, 0.15) is 19.4 Å². The van der Waals surface area contributed by atoms with Gasteiger partial charge in [-0.05, 0) is 22.9 Å². The Balaban J connectivity index is 1.62. The third-order valence-electron chi connectivity index (χ3n) is 3.98. The molecule has 3 aromatic rings. The highest BCUT2D eigenvalue weighted by molar-refractivity contribution is 7.16. The number of nitrogens with one attached hydrogen (secondary N) is 2. The van der Waals surface area contributed by atoms with Crippen LogP contribution in [-0.2, 0) is 16.0 Å². The van der Waals surface area contributed by atoms with E-state index >= 15 is 0 Å². The van der Waals surface area contributed by atoms with Gasteiger partial charge in [0.2, 0.25) is 11.8 Å². The lowest BCUT2D eigenvalue weighted by molar-refractivity contribution is -0.127. The fraction of sp³-hybridized carbons (Fsp3) is 0.250. The standard InChI is InChI=1S/C20H21N3O2S2/c1-13(2)18(22-17(24)11-14-7-4-3-5-8-14)19(25)23-20-21-15(12-27-20)16-9-6-10-26-16/h3-10,12-13,18H,11H2,1-2H3,(H,22,24)(H,21,23,25)/t18-/m0/s1. The van der Waals surface area contributed by atoms with Crippen LogP contribution < -0.4 is 10.6 Å². The number of hydrogen-bond donors (Lipinski definition) is 2. The molecule has 7 heteroatoms. The van der Waals surface area contributed by atoms with Gasteiger partial charge in [-0.1, -0.05) is 50.2 Å². The molecule has 0 aliphatic heterocycles. The zero-order valence-corrected chi connectivity index (χ0v) is 16.8. The van der Waals surface area contributed by atoms with Crippen molar-refractivity contribution >= 4 is 39.6 Å². The van der Waals surface area contributed by atoms with E-state index in [9.17, 15) is 9.59 Å². The third kappa shape index (κ3) is 5.24. The van der Waals surface area contributed by atoms with Gasteiger partial charge in [0, 0.05) is 5.38 Å². The molecule has 2 N–H and O–H groups in total. The van der Waals surface area contributed by atoms with Crippen LogP contribution in [0, 0.1) is 5.92 Å². The molecular weight excluding hydrogens is 378 g/mol. The van der Waals surface area contributed by atoms with Crippen molar-refractivity contribution in [1.29, 1.82) is 0 Å². The monoisotopic (exact) mass is 399 g/mol. The van der Waals surface area contributed by atoms with Crippen LogP contribution in [0.15, 0.2) is 53.2 Å². The molecule has 2 heterocycles. The smallest absolute Gasteiger partial charge is 0.248 e. The van der Waals surface area contributed by atoms with Crippen LogP contribution in [0.5, 0.6) is 0 Å². The molecule has 0 saturated carbocycles. The zero-order valence-electron chi connectivity index (χ0n) is 15.1. The summed E-state index contributed by atoms with van der Waals surface area (Å²) in [6.45, 7) is 3.82. The fourth-order valence-corrected chi connectivity index (χ4v) is 4.07. The number of rotatable bonds is 7. The quantitative estimate of drug-likeness (QED) is 0.626. The van der Waals surface area contributed by atoms with E-state index in [2.05, 4.69) is 15.6 Å². The van der Waals surface area contributed by atoms with E-state index in [4.69, 9.17) is 0 Å². The van der Waals surface area contributed by atoms with Crippen molar-refractivity contribution in [3.8, 4) is 10.6 Å². The maximum Gasteiger partial charge on any atom is 0.248 e. The number of anilines is 1. The van der Waals surface area contributed by atoms with E-state index in [1.807, 2.05) is 67.1 Å². The van der Waals surface area contributed by atoms with Crippen molar-refractivity contribution in [2.45, 2.75) is 26.3 Å². The summed E-state index contributed by atoms with van der Waals surface area (Å²) >= 11 is 2.98. The van der Waals surface area contributed by atoms with Gasteiger partial charge >= 0.3 is 0 Å². The number of benzene rings is 1. The first-order chi connectivity index (χ1) is 13.0. The summed E-state index contributed by atoms with van der Waals surface area (Å²) in [7, 11) is 0. The Morgan fingerprint density at radius 1 is 1.07 bits per heavy atom. The van der Waals surface area contributed by atoms with Gasteiger partial charge in [0.25, 0.3) is 0 Å². The van der Waals surface area contributed by atoms with Crippen molar-refractivity contribution in [2.24, 2.45) is 5.92 Å². The molecule has 2 aromatic heterocycles. The van der Waals surface area contributed by atoms with Gasteiger partial charge in [-0.25, -0.2) is 4.98 Å². The third-order valence-corrected chi connectivity index (χ3v) is 5.63. The minimum atomic E-state index is -0.615. The molecule has 0 radical (unpaired) electrons. The van der Waals surface area contributed by atoms with Crippen molar-refractivity contribution < 1.29 is 9.59 Å². The molecular formula is C20H21N3O2S2. The number of carbonyl (C=O) groups is 2. The Morgan fingerprint density at radius 3 is 2.52 bits per heavy atom. The summed E-state index contributed by atoms with van der Waals surface area (Å²) in [5.41, 5.74) is 1.76. The number of aromatic nitrogens is 1. The summed E-state index contributed by atoms with van der Waals surface area (Å²) in [6, 6.07) is 12.8. The summed E-state index contributed by atoms with van der Waals surface area (Å²) in [5.74, 6) is -0.464. The lowest BCUT2D eigenvalue weighted by atomic mass is 10.0. The van der Waals surface area contributed by atoms with Gasteiger partial charge in [-0.15, -0.1) is 22.7 Å². The minimum absolute atomic E-state index is 0.0403. The molecule has 140 valence electrons. The summed E-state index contributed by atoms with van der Waals surface area (Å²) < 4.78 is 0. The summed E-state index contributed by atoms with van der Waals surface area (Å²) in [4.78, 5) is 30.5. The summed E-state index contributed by atoms with van der Waals surface area (Å²) in [6.07, 6.45) is 0.247. The molecule has 0 aliphatic rings. The second-order valence-corrected chi connectivity index (χ2v) is 8.26. The van der Waals surface area contributed by atoms with Crippen molar-refractivity contribution in [2.75, 3.05) is 5.32 Å². The van der Waals surface area contributed by atoms with Crippen LogP contribution in [0.2, 0.25) is 0 Å². The summed E-state index contributed by atoms with van der Waals surface area (Å²) in [5, 5.41) is 10.1. The number of carbonyl (C=O) groups excluding carboxylic acids is 2. The topological polar surface area (TPSA) is 71.1 Å². The zero-order chi connectivity index (χ0) is 19.2. The highest BCUT2D eigenvalue weighted by Crippen LogP contribution is 2.28. The fourth-order valence-electron chi connectivity index (χ4n) is 2.59. The van der Waals surface area contributed by atoms with Crippen LogP contribution in [0.25, 0.3) is 10.6 Å². The maximum atomic E-state index is 12.7. The number of nitrogens with zero attached hydrogens (tertiary/aromatic N) is 1.